The van der Waals surface area contributed by atoms with Crippen molar-refractivity contribution in [3.63, 3.8) is 0 Å². The Morgan fingerprint density at radius 3 is 2.48 bits per heavy atom. The van der Waals surface area contributed by atoms with Crippen molar-refractivity contribution in [3.8, 4) is 5.75 Å². The fourth-order valence-electron chi connectivity index (χ4n) is 4.25. The monoisotopic (exact) mass is 456 g/mol. The first kappa shape index (κ1) is 21.6. The minimum atomic E-state index is 0.950. The summed E-state index contributed by atoms with van der Waals surface area (Å²) in [5.74, 6) is 0.950. The van der Waals surface area contributed by atoms with Crippen molar-refractivity contribution in [3.05, 3.63) is 90.6 Å². The highest BCUT2D eigenvalue weighted by Crippen LogP contribution is 2.29. The van der Waals surface area contributed by atoms with Crippen LogP contribution in [0.25, 0.3) is 10.9 Å². The van der Waals surface area contributed by atoms with Gasteiger partial charge in [0.05, 0.1) is 23.2 Å². The van der Waals surface area contributed by atoms with E-state index in [2.05, 4.69) is 80.2 Å². The highest BCUT2D eigenvalue weighted by molar-refractivity contribution is 8.00. The van der Waals surface area contributed by atoms with Crippen molar-refractivity contribution >= 4 is 34.2 Å². The van der Waals surface area contributed by atoms with Gasteiger partial charge in [-0.15, -0.1) is 0 Å². The van der Waals surface area contributed by atoms with E-state index in [4.69, 9.17) is 4.74 Å². The van der Waals surface area contributed by atoms with E-state index in [1.54, 1.807) is 19.1 Å². The second kappa shape index (κ2) is 10.1. The lowest BCUT2D eigenvalue weighted by Crippen LogP contribution is -2.46. The lowest BCUT2D eigenvalue weighted by molar-refractivity contribution is 0.249. The predicted molar refractivity (Wildman–Crippen MR) is 138 cm³/mol. The van der Waals surface area contributed by atoms with Gasteiger partial charge in [-0.05, 0) is 53.9 Å². The highest BCUT2D eigenvalue weighted by atomic mass is 32.2. The van der Waals surface area contributed by atoms with Gasteiger partial charge in [0.15, 0.2) is 0 Å². The van der Waals surface area contributed by atoms with E-state index in [1.807, 2.05) is 24.4 Å². The number of aromatic nitrogens is 1. The molecule has 0 aliphatic carbocycles. The Kier molecular flexibility index (Phi) is 6.65. The Morgan fingerprint density at radius 2 is 1.67 bits per heavy atom. The molecular weight excluding hydrogens is 428 g/mol. The fourth-order valence-corrected chi connectivity index (χ4v) is 5.02. The van der Waals surface area contributed by atoms with Crippen molar-refractivity contribution in [2.45, 2.75) is 11.4 Å². The molecular formula is C27H28N4OS. The number of fused-ring (bicyclic) bond motifs is 1. The molecule has 1 N–H and O–H groups in total. The van der Waals surface area contributed by atoms with Gasteiger partial charge in [-0.2, -0.15) is 0 Å². The summed E-state index contributed by atoms with van der Waals surface area (Å²) in [5, 5.41) is 1.16. The number of anilines is 2. The molecule has 168 valence electrons. The van der Waals surface area contributed by atoms with Crippen LogP contribution in [-0.4, -0.2) is 43.2 Å². The summed E-state index contributed by atoms with van der Waals surface area (Å²) in [4.78, 5) is 10.6. The van der Waals surface area contributed by atoms with E-state index < -0.39 is 0 Å². The van der Waals surface area contributed by atoms with Crippen LogP contribution in [0.1, 0.15) is 5.56 Å². The quantitative estimate of drug-likeness (QED) is 0.361. The van der Waals surface area contributed by atoms with Gasteiger partial charge in [0.25, 0.3) is 0 Å². The number of benzene rings is 3. The Bertz CT molecular complexity index is 1200. The van der Waals surface area contributed by atoms with Gasteiger partial charge in [0.1, 0.15) is 5.75 Å². The van der Waals surface area contributed by atoms with Crippen LogP contribution in [-0.2, 0) is 6.54 Å². The van der Waals surface area contributed by atoms with E-state index in [0.717, 1.165) is 60.0 Å². The number of rotatable bonds is 7. The molecule has 1 aromatic heterocycles. The largest absolute Gasteiger partial charge is 0.495 e. The molecule has 5 rings (SSSR count). The number of piperazine rings is 1. The zero-order valence-corrected chi connectivity index (χ0v) is 19.6. The Morgan fingerprint density at radius 1 is 0.879 bits per heavy atom. The predicted octanol–water partition coefficient (Wildman–Crippen LogP) is 5.68. The van der Waals surface area contributed by atoms with Gasteiger partial charge in [0.2, 0.25) is 0 Å². The van der Waals surface area contributed by atoms with Crippen LogP contribution in [0.4, 0.5) is 11.4 Å². The second-order valence-corrected chi connectivity index (χ2v) is 9.02. The number of hydrogen-bond donors (Lipinski definition) is 1. The van der Waals surface area contributed by atoms with Crippen molar-refractivity contribution < 1.29 is 4.74 Å². The smallest absolute Gasteiger partial charge is 0.142 e. The molecule has 1 saturated heterocycles. The molecule has 0 unspecified atom stereocenters. The second-order valence-electron chi connectivity index (χ2n) is 8.17. The zero-order valence-electron chi connectivity index (χ0n) is 18.8. The highest BCUT2D eigenvalue weighted by Gasteiger charge is 2.19. The van der Waals surface area contributed by atoms with E-state index in [0.29, 0.717) is 0 Å². The molecule has 0 spiro atoms. The van der Waals surface area contributed by atoms with Crippen molar-refractivity contribution in [1.29, 1.82) is 0 Å². The summed E-state index contributed by atoms with van der Waals surface area (Å²) < 4.78 is 9.00. The summed E-state index contributed by atoms with van der Waals surface area (Å²) in [7, 11) is 1.74. The third kappa shape index (κ3) is 5.07. The minimum Gasteiger partial charge on any atom is -0.495 e. The molecule has 2 heterocycles. The summed E-state index contributed by atoms with van der Waals surface area (Å²) >= 11 is 1.61. The molecule has 1 aliphatic heterocycles. The average molecular weight is 457 g/mol. The lowest BCUT2D eigenvalue weighted by atomic mass is 10.1. The van der Waals surface area contributed by atoms with Crippen LogP contribution in [0.5, 0.6) is 5.75 Å². The fraction of sp³-hybridized carbons (Fsp3) is 0.222. The molecule has 0 radical (unpaired) electrons. The van der Waals surface area contributed by atoms with Crippen LogP contribution < -0.4 is 14.4 Å². The molecule has 1 fully saturated rings. The molecule has 5 nitrogen and oxygen atoms in total. The van der Waals surface area contributed by atoms with Gasteiger partial charge in [-0.3, -0.25) is 9.88 Å². The van der Waals surface area contributed by atoms with Crippen LogP contribution in [0, 0.1) is 0 Å². The SMILES string of the molecule is COc1ccccc1N1CCN(Cc2ccc(NSc3cccc4cccnc34)cc2)CC1. The van der Waals surface area contributed by atoms with Crippen molar-refractivity contribution in [2.75, 3.05) is 42.9 Å². The molecule has 0 saturated carbocycles. The molecule has 1 aliphatic rings. The first-order valence-electron chi connectivity index (χ1n) is 11.3. The summed E-state index contributed by atoms with van der Waals surface area (Å²) in [5.41, 5.74) is 4.65. The molecule has 0 bridgehead atoms. The number of methoxy groups -OCH3 is 1. The topological polar surface area (TPSA) is 40.6 Å². The average Bonchev–Trinajstić information content (AvgIpc) is 2.89. The third-order valence-electron chi connectivity index (χ3n) is 6.03. The maximum atomic E-state index is 5.53. The van der Waals surface area contributed by atoms with E-state index in [1.165, 1.54) is 11.3 Å². The van der Waals surface area contributed by atoms with Gasteiger partial charge >= 0.3 is 0 Å². The number of nitrogens with one attached hydrogen (secondary N) is 1. The lowest BCUT2D eigenvalue weighted by Gasteiger charge is -2.36. The number of hydrogen-bond acceptors (Lipinski definition) is 6. The summed E-state index contributed by atoms with van der Waals surface area (Å²) in [6, 6.07) is 27.4. The maximum absolute atomic E-state index is 5.53. The molecule has 0 amide bonds. The van der Waals surface area contributed by atoms with Gasteiger partial charge < -0.3 is 14.4 Å². The molecule has 4 aromatic rings. The maximum Gasteiger partial charge on any atom is 0.142 e. The Hall–Kier alpha value is -3.22. The Labute approximate surface area is 199 Å². The van der Waals surface area contributed by atoms with Gasteiger partial charge in [0, 0.05) is 50.0 Å². The minimum absolute atomic E-state index is 0.950. The van der Waals surface area contributed by atoms with Crippen LogP contribution in [0.3, 0.4) is 0 Å². The van der Waals surface area contributed by atoms with E-state index in [-0.39, 0.29) is 0 Å². The number of para-hydroxylation sites is 3. The normalized spacial score (nSPS) is 14.4. The van der Waals surface area contributed by atoms with Crippen LogP contribution >= 0.6 is 11.9 Å². The number of ether oxygens (including phenoxy) is 1. The first-order valence-corrected chi connectivity index (χ1v) is 12.1. The summed E-state index contributed by atoms with van der Waals surface area (Å²) in [6.45, 7) is 5.08. The molecule has 6 heteroatoms. The van der Waals surface area contributed by atoms with E-state index >= 15 is 0 Å². The number of pyridine rings is 1. The summed E-state index contributed by atoms with van der Waals surface area (Å²) in [6.07, 6.45) is 1.84. The van der Waals surface area contributed by atoms with Crippen molar-refractivity contribution in [1.82, 2.24) is 9.88 Å². The van der Waals surface area contributed by atoms with Gasteiger partial charge in [-0.25, -0.2) is 0 Å². The first-order chi connectivity index (χ1) is 16.3. The van der Waals surface area contributed by atoms with Crippen molar-refractivity contribution in [2.24, 2.45) is 0 Å². The standard InChI is InChI=1S/C27H28N4OS/c1-32-25-9-3-2-8-24(25)31-18-16-30(17-19-31)20-21-11-13-23(14-12-21)29-33-26-10-4-6-22-7-5-15-28-27(22)26/h2-15,29H,16-20H2,1H3. The third-order valence-corrected chi connectivity index (χ3v) is 6.92. The molecule has 33 heavy (non-hydrogen) atoms. The van der Waals surface area contributed by atoms with Crippen LogP contribution in [0.15, 0.2) is 90.0 Å². The number of nitrogens with zero attached hydrogens (tertiary/aromatic N) is 3. The molecule has 0 atom stereocenters. The van der Waals surface area contributed by atoms with Gasteiger partial charge in [-0.1, -0.05) is 42.5 Å². The zero-order chi connectivity index (χ0) is 22.5. The molecule has 3 aromatic carbocycles. The van der Waals surface area contributed by atoms with Crippen LogP contribution in [0.2, 0.25) is 0 Å². The Balaban J connectivity index is 1.15. The van der Waals surface area contributed by atoms with E-state index in [9.17, 15) is 0 Å².